The summed E-state index contributed by atoms with van der Waals surface area (Å²) in [6.45, 7) is 7.62. The lowest BCUT2D eigenvalue weighted by Gasteiger charge is -2.53. The van der Waals surface area contributed by atoms with Crippen LogP contribution in [-0.4, -0.2) is 0 Å². The Kier molecular flexibility index (Phi) is 3.18. The molecule has 2 fully saturated rings. The van der Waals surface area contributed by atoms with Crippen LogP contribution in [0.4, 0.5) is 0 Å². The molecule has 0 radical (unpaired) electrons. The first-order chi connectivity index (χ1) is 10.1. The van der Waals surface area contributed by atoms with Gasteiger partial charge in [0.1, 0.15) is 0 Å². The van der Waals surface area contributed by atoms with Crippen molar-refractivity contribution in [1.82, 2.24) is 0 Å². The topological polar surface area (TPSA) is 0 Å². The molecule has 0 aromatic rings. The summed E-state index contributed by atoms with van der Waals surface area (Å²) in [6.07, 6.45) is 18.1. The average molecular weight is 284 g/mol. The van der Waals surface area contributed by atoms with E-state index in [9.17, 15) is 0 Å². The molecule has 0 heteroatoms. The molecule has 0 amide bonds. The largest absolute Gasteiger partial charge is 0.0845 e. The summed E-state index contributed by atoms with van der Waals surface area (Å²) in [6, 6.07) is 0. The van der Waals surface area contributed by atoms with E-state index in [2.05, 4.69) is 32.9 Å². The molecule has 0 unspecified atom stereocenters. The fourth-order valence-corrected chi connectivity index (χ4v) is 6.82. The minimum atomic E-state index is 0.451. The van der Waals surface area contributed by atoms with Gasteiger partial charge in [0.2, 0.25) is 0 Å². The Labute approximate surface area is 131 Å². The van der Waals surface area contributed by atoms with E-state index in [-0.39, 0.29) is 0 Å². The normalized spacial score (nSPS) is 48.8. The second kappa shape index (κ2) is 4.74. The standard InChI is InChI=1S/C21H32/c1-4-15-9-11-18-17-10-8-16-7-5-6-13-20(16,2)19(17)12-14-21(15,18)3/h7,12,15,17-18H,4-6,8-11,13-14H2,1-3H3/t15-,17+,18+,20+,21-/m1/s1. The Hall–Kier alpha value is -0.520. The fraction of sp³-hybridized carbons (Fsp3) is 0.810. The summed E-state index contributed by atoms with van der Waals surface area (Å²) in [5.74, 6) is 2.89. The van der Waals surface area contributed by atoms with Gasteiger partial charge >= 0.3 is 0 Å². The van der Waals surface area contributed by atoms with E-state index < -0.39 is 0 Å². The summed E-state index contributed by atoms with van der Waals surface area (Å²) in [5.41, 5.74) is 4.74. The molecule has 4 rings (SSSR count). The molecule has 0 heterocycles. The van der Waals surface area contributed by atoms with Crippen LogP contribution in [0.5, 0.6) is 0 Å². The molecule has 21 heavy (non-hydrogen) atoms. The van der Waals surface area contributed by atoms with Gasteiger partial charge < -0.3 is 0 Å². The minimum absolute atomic E-state index is 0.451. The van der Waals surface area contributed by atoms with Crippen LogP contribution in [0.3, 0.4) is 0 Å². The Morgan fingerprint density at radius 2 is 2.00 bits per heavy atom. The van der Waals surface area contributed by atoms with Crippen molar-refractivity contribution < 1.29 is 0 Å². The summed E-state index contributed by atoms with van der Waals surface area (Å²) in [4.78, 5) is 0. The summed E-state index contributed by atoms with van der Waals surface area (Å²) < 4.78 is 0. The third-order valence-electron chi connectivity index (χ3n) is 8.09. The van der Waals surface area contributed by atoms with Crippen molar-refractivity contribution in [1.29, 1.82) is 0 Å². The van der Waals surface area contributed by atoms with E-state index in [1.54, 1.807) is 5.57 Å². The average Bonchev–Trinajstić information content (AvgIpc) is 2.83. The summed E-state index contributed by atoms with van der Waals surface area (Å²) >= 11 is 0. The zero-order chi connectivity index (χ0) is 14.7. The fourth-order valence-electron chi connectivity index (χ4n) is 6.82. The third kappa shape index (κ3) is 1.80. The zero-order valence-electron chi connectivity index (χ0n) is 14.3. The van der Waals surface area contributed by atoms with Crippen molar-refractivity contribution in [2.75, 3.05) is 0 Å². The predicted molar refractivity (Wildman–Crippen MR) is 90.1 cm³/mol. The number of allylic oxidation sites excluding steroid dienone is 4. The monoisotopic (exact) mass is 284 g/mol. The highest BCUT2D eigenvalue weighted by Gasteiger charge is 2.54. The van der Waals surface area contributed by atoms with Crippen molar-refractivity contribution in [3.8, 4) is 0 Å². The molecule has 0 spiro atoms. The van der Waals surface area contributed by atoms with Gasteiger partial charge in [0.15, 0.2) is 0 Å². The van der Waals surface area contributed by atoms with Gasteiger partial charge in [-0.25, -0.2) is 0 Å². The van der Waals surface area contributed by atoms with Crippen molar-refractivity contribution in [2.24, 2.45) is 28.6 Å². The van der Waals surface area contributed by atoms with Gasteiger partial charge in [0.25, 0.3) is 0 Å². The third-order valence-corrected chi connectivity index (χ3v) is 8.09. The number of rotatable bonds is 1. The summed E-state index contributed by atoms with van der Waals surface area (Å²) in [5, 5.41) is 0. The number of hydrogen-bond donors (Lipinski definition) is 0. The Balaban J connectivity index is 1.74. The molecular formula is C21H32. The van der Waals surface area contributed by atoms with E-state index in [0.29, 0.717) is 10.8 Å². The van der Waals surface area contributed by atoms with E-state index in [0.717, 1.165) is 17.8 Å². The van der Waals surface area contributed by atoms with Crippen LogP contribution in [0.2, 0.25) is 0 Å². The van der Waals surface area contributed by atoms with Crippen LogP contribution in [0.25, 0.3) is 0 Å². The molecule has 2 saturated carbocycles. The van der Waals surface area contributed by atoms with Crippen LogP contribution in [0, 0.1) is 28.6 Å². The quantitative estimate of drug-likeness (QED) is 0.497. The van der Waals surface area contributed by atoms with Crippen LogP contribution in [0.1, 0.15) is 78.6 Å². The Morgan fingerprint density at radius 3 is 2.81 bits per heavy atom. The SMILES string of the molecule is CC[C@@H]1CC[C@H]2[C@@H]3CCC4=CCCC[C@]4(C)C3=CC[C@]12C. The van der Waals surface area contributed by atoms with Crippen molar-refractivity contribution in [3.05, 3.63) is 23.3 Å². The highest BCUT2D eigenvalue weighted by molar-refractivity contribution is 5.38. The predicted octanol–water partition coefficient (Wildman–Crippen LogP) is 6.29. The Bertz CT molecular complexity index is 496. The van der Waals surface area contributed by atoms with Crippen LogP contribution in [-0.2, 0) is 0 Å². The van der Waals surface area contributed by atoms with Crippen LogP contribution in [0.15, 0.2) is 23.3 Å². The molecule has 0 nitrogen and oxygen atoms in total. The lowest BCUT2D eigenvalue weighted by molar-refractivity contribution is 0.0827. The van der Waals surface area contributed by atoms with Gasteiger partial charge in [0, 0.05) is 5.41 Å². The van der Waals surface area contributed by atoms with Gasteiger partial charge in [-0.05, 0) is 74.5 Å². The second-order valence-corrected chi connectivity index (χ2v) is 8.76. The first-order valence-corrected chi connectivity index (χ1v) is 9.49. The first kappa shape index (κ1) is 14.1. The molecule has 5 atom stereocenters. The highest BCUT2D eigenvalue weighted by atomic mass is 14.6. The molecule has 0 aromatic carbocycles. The molecule has 4 aliphatic carbocycles. The smallest absolute Gasteiger partial charge is 0.00952 e. The van der Waals surface area contributed by atoms with Crippen LogP contribution >= 0.6 is 0 Å². The second-order valence-electron chi connectivity index (χ2n) is 8.76. The lowest BCUT2D eigenvalue weighted by atomic mass is 9.51. The first-order valence-electron chi connectivity index (χ1n) is 9.49. The molecule has 116 valence electrons. The molecule has 0 N–H and O–H groups in total. The van der Waals surface area contributed by atoms with Gasteiger partial charge in [-0.15, -0.1) is 0 Å². The maximum atomic E-state index is 2.73. The van der Waals surface area contributed by atoms with Gasteiger partial charge in [-0.1, -0.05) is 50.5 Å². The maximum Gasteiger partial charge on any atom is 0.00952 e. The maximum absolute atomic E-state index is 2.73. The zero-order valence-corrected chi connectivity index (χ0v) is 14.3. The molecule has 0 aliphatic heterocycles. The molecule has 0 aromatic heterocycles. The minimum Gasteiger partial charge on any atom is -0.0845 e. The van der Waals surface area contributed by atoms with E-state index in [4.69, 9.17) is 0 Å². The van der Waals surface area contributed by atoms with Crippen molar-refractivity contribution in [2.45, 2.75) is 78.6 Å². The van der Waals surface area contributed by atoms with Gasteiger partial charge in [0.05, 0.1) is 0 Å². The van der Waals surface area contributed by atoms with Crippen LogP contribution < -0.4 is 0 Å². The van der Waals surface area contributed by atoms with Crippen molar-refractivity contribution in [3.63, 3.8) is 0 Å². The number of fused-ring (bicyclic) bond motifs is 5. The van der Waals surface area contributed by atoms with E-state index >= 15 is 0 Å². The summed E-state index contributed by atoms with van der Waals surface area (Å²) in [7, 11) is 0. The molecule has 0 saturated heterocycles. The molecular weight excluding hydrogens is 252 g/mol. The van der Waals surface area contributed by atoms with E-state index in [1.807, 2.05) is 5.57 Å². The van der Waals surface area contributed by atoms with Gasteiger partial charge in [-0.3, -0.25) is 0 Å². The lowest BCUT2D eigenvalue weighted by Crippen LogP contribution is -2.43. The number of hydrogen-bond acceptors (Lipinski definition) is 0. The van der Waals surface area contributed by atoms with Gasteiger partial charge in [-0.2, -0.15) is 0 Å². The molecule has 4 aliphatic rings. The van der Waals surface area contributed by atoms with Crippen molar-refractivity contribution >= 4 is 0 Å². The Morgan fingerprint density at radius 1 is 1.14 bits per heavy atom. The molecule has 0 bridgehead atoms. The highest BCUT2D eigenvalue weighted by Crippen LogP contribution is 2.64. The van der Waals surface area contributed by atoms with E-state index in [1.165, 1.54) is 57.8 Å².